The van der Waals surface area contributed by atoms with E-state index in [0.29, 0.717) is 12.1 Å². The van der Waals surface area contributed by atoms with Gasteiger partial charge in [0.05, 0.1) is 7.11 Å². The summed E-state index contributed by atoms with van der Waals surface area (Å²) in [5.74, 6) is 1.71. The van der Waals surface area contributed by atoms with E-state index in [4.69, 9.17) is 4.74 Å². The first-order valence-corrected chi connectivity index (χ1v) is 7.69. The fraction of sp³-hybridized carbons (Fsp3) is 0.647. The number of likely N-dealkylation sites (tertiary alicyclic amines) is 1. The van der Waals surface area contributed by atoms with E-state index in [2.05, 4.69) is 43.2 Å². The molecule has 112 valence electrons. The van der Waals surface area contributed by atoms with Gasteiger partial charge in [-0.25, -0.2) is 0 Å². The summed E-state index contributed by atoms with van der Waals surface area (Å²) in [6.07, 6.45) is 2.65. The summed E-state index contributed by atoms with van der Waals surface area (Å²) >= 11 is 0. The van der Waals surface area contributed by atoms with Gasteiger partial charge in [0.25, 0.3) is 0 Å². The van der Waals surface area contributed by atoms with Crippen LogP contribution < -0.4 is 10.1 Å². The Morgan fingerprint density at radius 2 is 2.05 bits per heavy atom. The average Bonchev–Trinajstić information content (AvgIpc) is 2.47. The molecule has 1 aromatic rings. The van der Waals surface area contributed by atoms with Crippen molar-refractivity contribution >= 4 is 0 Å². The Morgan fingerprint density at radius 3 is 2.75 bits per heavy atom. The molecule has 1 saturated heterocycles. The van der Waals surface area contributed by atoms with Crippen LogP contribution in [0.4, 0.5) is 0 Å². The summed E-state index contributed by atoms with van der Waals surface area (Å²) in [6.45, 7) is 6.98. The number of nitrogens with zero attached hydrogens (tertiary/aromatic N) is 1. The highest BCUT2D eigenvalue weighted by molar-refractivity contribution is 5.35. The standard InChI is InChI=1S/C17H28N2O/c1-13(15-8-7-11-19(3)12-15)18-14(2)16-9-5-6-10-17(16)20-4/h5-6,9-10,13-15,18H,7-8,11-12H2,1-4H3/t13?,14-,15?/m1/s1. The summed E-state index contributed by atoms with van der Waals surface area (Å²) < 4.78 is 5.46. The number of hydrogen-bond donors (Lipinski definition) is 1. The number of methoxy groups -OCH3 is 1. The maximum atomic E-state index is 5.46. The third kappa shape index (κ3) is 3.74. The Bertz CT molecular complexity index is 421. The fourth-order valence-corrected chi connectivity index (χ4v) is 3.26. The van der Waals surface area contributed by atoms with Crippen molar-refractivity contribution in [3.63, 3.8) is 0 Å². The van der Waals surface area contributed by atoms with Crippen LogP contribution in [0.5, 0.6) is 5.75 Å². The third-order valence-corrected chi connectivity index (χ3v) is 4.49. The monoisotopic (exact) mass is 276 g/mol. The molecule has 2 rings (SSSR count). The van der Waals surface area contributed by atoms with Crippen LogP contribution in [0, 0.1) is 5.92 Å². The molecule has 1 N–H and O–H groups in total. The quantitative estimate of drug-likeness (QED) is 0.894. The largest absolute Gasteiger partial charge is 0.496 e. The highest BCUT2D eigenvalue weighted by Crippen LogP contribution is 2.26. The van der Waals surface area contributed by atoms with Crippen LogP contribution in [0.1, 0.15) is 38.3 Å². The van der Waals surface area contributed by atoms with E-state index >= 15 is 0 Å². The number of piperidine rings is 1. The second-order valence-electron chi connectivity index (χ2n) is 6.08. The number of rotatable bonds is 5. The number of para-hydroxylation sites is 1. The topological polar surface area (TPSA) is 24.5 Å². The van der Waals surface area contributed by atoms with Crippen LogP contribution in [0.15, 0.2) is 24.3 Å². The summed E-state index contributed by atoms with van der Waals surface area (Å²) in [7, 11) is 3.97. The van der Waals surface area contributed by atoms with Crippen LogP contribution in [-0.4, -0.2) is 38.2 Å². The van der Waals surface area contributed by atoms with Gasteiger partial charge in [0.1, 0.15) is 5.75 Å². The van der Waals surface area contributed by atoms with Gasteiger partial charge in [0, 0.05) is 24.2 Å². The number of benzene rings is 1. The summed E-state index contributed by atoms with van der Waals surface area (Å²) in [6, 6.07) is 9.12. The van der Waals surface area contributed by atoms with Gasteiger partial charge in [-0.1, -0.05) is 18.2 Å². The summed E-state index contributed by atoms with van der Waals surface area (Å²) in [4.78, 5) is 2.44. The highest BCUT2D eigenvalue weighted by Gasteiger charge is 2.24. The molecule has 0 saturated carbocycles. The number of ether oxygens (including phenoxy) is 1. The Morgan fingerprint density at radius 1 is 1.30 bits per heavy atom. The van der Waals surface area contributed by atoms with Crippen LogP contribution in [0.25, 0.3) is 0 Å². The maximum absolute atomic E-state index is 5.46. The first-order valence-electron chi connectivity index (χ1n) is 7.69. The molecule has 3 heteroatoms. The Balaban J connectivity index is 1.98. The van der Waals surface area contributed by atoms with Crippen LogP contribution >= 0.6 is 0 Å². The molecule has 0 spiro atoms. The molecular weight excluding hydrogens is 248 g/mol. The molecule has 0 amide bonds. The van der Waals surface area contributed by atoms with Gasteiger partial charge >= 0.3 is 0 Å². The van der Waals surface area contributed by atoms with E-state index in [-0.39, 0.29) is 0 Å². The second-order valence-corrected chi connectivity index (χ2v) is 6.08. The van der Waals surface area contributed by atoms with Crippen molar-refractivity contribution in [2.75, 3.05) is 27.2 Å². The molecule has 0 aliphatic carbocycles. The van der Waals surface area contributed by atoms with E-state index in [9.17, 15) is 0 Å². The van der Waals surface area contributed by atoms with Gasteiger partial charge in [-0.15, -0.1) is 0 Å². The molecule has 3 nitrogen and oxygen atoms in total. The third-order valence-electron chi connectivity index (χ3n) is 4.49. The summed E-state index contributed by atoms with van der Waals surface area (Å²) in [5, 5.41) is 3.75. The molecule has 2 unspecified atom stereocenters. The van der Waals surface area contributed by atoms with Crippen molar-refractivity contribution in [3.8, 4) is 5.75 Å². The zero-order valence-corrected chi connectivity index (χ0v) is 13.2. The SMILES string of the molecule is COc1ccccc1[C@@H](C)NC(C)C1CCCN(C)C1. The molecule has 1 aliphatic rings. The lowest BCUT2D eigenvalue weighted by molar-refractivity contribution is 0.174. The van der Waals surface area contributed by atoms with Crippen molar-refractivity contribution in [2.45, 2.75) is 38.8 Å². The molecule has 3 atom stereocenters. The van der Waals surface area contributed by atoms with E-state index in [0.717, 1.165) is 11.7 Å². The lowest BCUT2D eigenvalue weighted by atomic mass is 9.91. The summed E-state index contributed by atoms with van der Waals surface area (Å²) in [5.41, 5.74) is 1.24. The maximum Gasteiger partial charge on any atom is 0.123 e. The van der Waals surface area contributed by atoms with Crippen LogP contribution in [-0.2, 0) is 0 Å². The molecular formula is C17H28N2O. The van der Waals surface area contributed by atoms with Gasteiger partial charge < -0.3 is 15.0 Å². The Labute approximate surface area is 123 Å². The lowest BCUT2D eigenvalue weighted by Gasteiger charge is -2.35. The number of nitrogens with one attached hydrogen (secondary N) is 1. The molecule has 1 aliphatic heterocycles. The average molecular weight is 276 g/mol. The van der Waals surface area contributed by atoms with E-state index in [1.807, 2.05) is 12.1 Å². The van der Waals surface area contributed by atoms with Gasteiger partial charge in [-0.3, -0.25) is 0 Å². The van der Waals surface area contributed by atoms with Crippen LogP contribution in [0.3, 0.4) is 0 Å². The molecule has 0 bridgehead atoms. The minimum absolute atomic E-state index is 0.313. The van der Waals surface area contributed by atoms with Gasteiger partial charge in [0.15, 0.2) is 0 Å². The molecule has 1 heterocycles. The van der Waals surface area contributed by atoms with Crippen molar-refractivity contribution in [2.24, 2.45) is 5.92 Å². The predicted octanol–water partition coefficient (Wildman–Crippen LogP) is 3.08. The smallest absolute Gasteiger partial charge is 0.123 e. The first-order chi connectivity index (χ1) is 9.61. The van der Waals surface area contributed by atoms with Gasteiger partial charge in [-0.05, 0) is 52.3 Å². The van der Waals surface area contributed by atoms with Gasteiger partial charge in [-0.2, -0.15) is 0 Å². The number of hydrogen-bond acceptors (Lipinski definition) is 3. The molecule has 0 aromatic heterocycles. The molecule has 0 radical (unpaired) electrons. The lowest BCUT2D eigenvalue weighted by Crippen LogP contribution is -2.43. The first kappa shape index (κ1) is 15.3. The minimum atomic E-state index is 0.313. The zero-order chi connectivity index (χ0) is 14.5. The second kappa shape index (κ2) is 7.09. The zero-order valence-electron chi connectivity index (χ0n) is 13.2. The minimum Gasteiger partial charge on any atom is -0.496 e. The van der Waals surface area contributed by atoms with E-state index in [1.54, 1.807) is 7.11 Å². The fourth-order valence-electron chi connectivity index (χ4n) is 3.26. The van der Waals surface area contributed by atoms with Gasteiger partial charge in [0.2, 0.25) is 0 Å². The van der Waals surface area contributed by atoms with E-state index in [1.165, 1.54) is 31.5 Å². The molecule has 1 aromatic carbocycles. The Hall–Kier alpha value is -1.06. The van der Waals surface area contributed by atoms with Crippen molar-refractivity contribution in [1.29, 1.82) is 0 Å². The Kier molecular flexibility index (Phi) is 5.44. The van der Waals surface area contributed by atoms with Crippen molar-refractivity contribution in [3.05, 3.63) is 29.8 Å². The normalized spacial score (nSPS) is 23.3. The molecule has 1 fully saturated rings. The molecule has 20 heavy (non-hydrogen) atoms. The van der Waals surface area contributed by atoms with Crippen molar-refractivity contribution in [1.82, 2.24) is 10.2 Å². The predicted molar refractivity (Wildman–Crippen MR) is 84.2 cm³/mol. The highest BCUT2D eigenvalue weighted by atomic mass is 16.5. The van der Waals surface area contributed by atoms with E-state index < -0.39 is 0 Å². The van der Waals surface area contributed by atoms with Crippen molar-refractivity contribution < 1.29 is 4.74 Å². The van der Waals surface area contributed by atoms with Crippen LogP contribution in [0.2, 0.25) is 0 Å².